The predicted octanol–water partition coefficient (Wildman–Crippen LogP) is 4.56. The van der Waals surface area contributed by atoms with Crippen LogP contribution in [0.1, 0.15) is 85.8 Å². The van der Waals surface area contributed by atoms with Crippen molar-refractivity contribution in [1.82, 2.24) is 34.6 Å². The third-order valence-corrected chi connectivity index (χ3v) is 11.9. The van der Waals surface area contributed by atoms with Gasteiger partial charge in [0.05, 0.1) is 17.4 Å². The van der Waals surface area contributed by atoms with Gasteiger partial charge in [-0.15, -0.1) is 0 Å². The van der Waals surface area contributed by atoms with Gasteiger partial charge in [-0.3, -0.25) is 38.9 Å². The number of fused-ring (bicyclic) bond motifs is 1. The Balaban J connectivity index is 0.821. The summed E-state index contributed by atoms with van der Waals surface area (Å²) in [6.45, 7) is 10.3. The van der Waals surface area contributed by atoms with Crippen molar-refractivity contribution in [3.63, 3.8) is 0 Å². The summed E-state index contributed by atoms with van der Waals surface area (Å²) in [7, 11) is 0. The monoisotopic (exact) mass is 746 g/mol. The van der Waals surface area contributed by atoms with Crippen LogP contribution >= 0.6 is 0 Å². The van der Waals surface area contributed by atoms with E-state index >= 15 is 0 Å². The minimum absolute atomic E-state index is 0.0248. The number of hydrogen-bond acceptors (Lipinski definition) is 12. The van der Waals surface area contributed by atoms with Gasteiger partial charge in [0.1, 0.15) is 17.5 Å². The Labute approximate surface area is 320 Å². The number of ketones is 1. The van der Waals surface area contributed by atoms with E-state index in [1.807, 2.05) is 24.4 Å². The average molecular weight is 747 g/mol. The van der Waals surface area contributed by atoms with Crippen molar-refractivity contribution in [3.05, 3.63) is 75.8 Å². The number of benzene rings is 1. The number of Topliss-reactive ketones (excluding diaryl/α,β-unsaturated/α-hetero) is 1. The first-order chi connectivity index (χ1) is 26.7. The molecule has 3 aromatic heterocycles. The Hall–Kier alpha value is -5.21. The highest BCUT2D eigenvalue weighted by molar-refractivity contribution is 6.01. The Bertz CT molecular complexity index is 2110. The second kappa shape index (κ2) is 15.9. The van der Waals surface area contributed by atoms with Crippen LogP contribution in [0.2, 0.25) is 0 Å². The molecule has 288 valence electrons. The smallest absolute Gasteiger partial charge is 0.263 e. The van der Waals surface area contributed by atoms with E-state index in [2.05, 4.69) is 53.8 Å². The van der Waals surface area contributed by atoms with E-state index in [1.165, 1.54) is 12.5 Å². The van der Waals surface area contributed by atoms with Gasteiger partial charge in [0.25, 0.3) is 5.56 Å². The number of aromatic nitrogens is 4. The summed E-state index contributed by atoms with van der Waals surface area (Å²) in [4.78, 5) is 71.2. The van der Waals surface area contributed by atoms with Crippen LogP contribution in [0, 0.1) is 6.92 Å². The maximum atomic E-state index is 13.6. The van der Waals surface area contributed by atoms with Gasteiger partial charge >= 0.3 is 0 Å². The SMILES string of the molecule is CC(=O)c1c(C)c2cnc(Nc3ccc(N4CCC(N5CCN(Cc6ccc(NC7CCC(=O)NC7=O)cc6)CC5)CC4)cn3)nc2n(C2CCCC2)c1=O. The largest absolute Gasteiger partial charge is 0.374 e. The number of carbonyl (C=O) groups excluding carboxylic acids is 3. The lowest BCUT2D eigenvalue weighted by molar-refractivity contribution is -0.133. The van der Waals surface area contributed by atoms with Gasteiger partial charge < -0.3 is 15.5 Å². The number of piperidine rings is 2. The van der Waals surface area contributed by atoms with Gasteiger partial charge in [0.2, 0.25) is 17.8 Å². The number of nitrogens with zero attached hydrogens (tertiary/aromatic N) is 7. The molecule has 14 heteroatoms. The Kier molecular flexibility index (Phi) is 10.6. The summed E-state index contributed by atoms with van der Waals surface area (Å²) in [6, 6.07) is 12.5. The van der Waals surface area contributed by atoms with Crippen LogP contribution in [0.15, 0.2) is 53.6 Å². The van der Waals surface area contributed by atoms with E-state index in [1.54, 1.807) is 17.7 Å². The van der Waals surface area contributed by atoms with Gasteiger partial charge in [-0.1, -0.05) is 25.0 Å². The van der Waals surface area contributed by atoms with Crippen molar-refractivity contribution in [2.75, 3.05) is 54.8 Å². The van der Waals surface area contributed by atoms with Crippen LogP contribution in [0.3, 0.4) is 0 Å². The molecule has 3 saturated heterocycles. The predicted molar refractivity (Wildman–Crippen MR) is 212 cm³/mol. The number of rotatable bonds is 10. The number of pyridine rings is 2. The summed E-state index contributed by atoms with van der Waals surface area (Å²) in [5.41, 5.74) is 4.39. The fourth-order valence-corrected chi connectivity index (χ4v) is 8.84. The van der Waals surface area contributed by atoms with Crippen LogP contribution in [-0.2, 0) is 16.1 Å². The number of nitrogens with one attached hydrogen (secondary N) is 3. The Morgan fingerprint density at radius 2 is 1.60 bits per heavy atom. The van der Waals surface area contributed by atoms with E-state index in [0.717, 1.165) is 101 Å². The first-order valence-electron chi connectivity index (χ1n) is 19.8. The van der Waals surface area contributed by atoms with E-state index in [9.17, 15) is 19.2 Å². The topological polar surface area (TPSA) is 158 Å². The summed E-state index contributed by atoms with van der Waals surface area (Å²) in [6.07, 6.45) is 10.6. The molecule has 1 unspecified atom stereocenters. The second-order valence-electron chi connectivity index (χ2n) is 15.5. The van der Waals surface area contributed by atoms with E-state index in [-0.39, 0.29) is 40.8 Å². The van der Waals surface area contributed by atoms with Crippen LogP contribution in [0.4, 0.5) is 23.1 Å². The molecule has 3 N–H and O–H groups in total. The molecule has 0 radical (unpaired) electrons. The number of carbonyl (C=O) groups is 3. The quantitative estimate of drug-likeness (QED) is 0.154. The molecule has 2 amide bonds. The minimum Gasteiger partial charge on any atom is -0.374 e. The fraction of sp³-hybridized carbons (Fsp3) is 0.488. The zero-order valence-electron chi connectivity index (χ0n) is 31.7. The third kappa shape index (κ3) is 7.97. The molecule has 1 aromatic carbocycles. The molecule has 4 fully saturated rings. The zero-order valence-corrected chi connectivity index (χ0v) is 31.7. The van der Waals surface area contributed by atoms with Crippen LogP contribution < -0.4 is 26.4 Å². The molecule has 4 aromatic rings. The van der Waals surface area contributed by atoms with Crippen LogP contribution in [-0.4, -0.2) is 98.3 Å². The van der Waals surface area contributed by atoms with Gasteiger partial charge in [-0.05, 0) is 81.3 Å². The molecular weight excluding hydrogens is 697 g/mol. The number of anilines is 4. The molecule has 6 heterocycles. The van der Waals surface area contributed by atoms with Crippen molar-refractivity contribution < 1.29 is 14.4 Å². The molecule has 1 saturated carbocycles. The lowest BCUT2D eigenvalue weighted by Crippen LogP contribution is -2.53. The summed E-state index contributed by atoms with van der Waals surface area (Å²) >= 11 is 0. The van der Waals surface area contributed by atoms with Crippen molar-refractivity contribution in [2.45, 2.75) is 89.9 Å². The molecule has 0 spiro atoms. The van der Waals surface area contributed by atoms with Gasteiger partial charge in [0.15, 0.2) is 5.78 Å². The summed E-state index contributed by atoms with van der Waals surface area (Å²) < 4.78 is 1.73. The molecule has 1 aliphatic carbocycles. The first-order valence-corrected chi connectivity index (χ1v) is 19.8. The van der Waals surface area contributed by atoms with Crippen LogP contribution in [0.5, 0.6) is 0 Å². The third-order valence-electron chi connectivity index (χ3n) is 11.9. The lowest BCUT2D eigenvalue weighted by Gasteiger charge is -2.43. The van der Waals surface area contributed by atoms with Crippen LogP contribution in [0.25, 0.3) is 11.0 Å². The normalized spacial score (nSPS) is 20.5. The molecule has 1 atom stereocenters. The minimum atomic E-state index is -0.374. The van der Waals surface area contributed by atoms with Gasteiger partial charge in [-0.2, -0.15) is 4.98 Å². The highest BCUT2D eigenvalue weighted by atomic mass is 16.2. The number of aryl methyl sites for hydroxylation is 1. The second-order valence-corrected chi connectivity index (χ2v) is 15.5. The van der Waals surface area contributed by atoms with E-state index in [0.29, 0.717) is 41.9 Å². The maximum Gasteiger partial charge on any atom is 0.263 e. The number of amides is 2. The molecule has 0 bridgehead atoms. The molecular formula is C41H50N10O4. The standard InChI is InChI=1S/C41H50N10O4/c1-26-33-24-43-41(47-38(33)51(31-5-3-4-6-31)40(55)37(26)27(2)52)45-35-13-11-32(23-42-35)49-17-15-30(16-18-49)50-21-19-48(20-22-50)25-28-7-9-29(10-8-28)44-34-12-14-36(53)46-39(34)54/h7-11,13,23-24,30-31,34,44H,3-6,12,14-22,25H2,1-2H3,(H,46,53,54)(H,42,43,45,47). The molecule has 3 aliphatic heterocycles. The van der Waals surface area contributed by atoms with Gasteiger partial charge in [0, 0.05) is 81.6 Å². The van der Waals surface area contributed by atoms with Crippen molar-refractivity contribution >= 4 is 51.8 Å². The number of imide groups is 1. The van der Waals surface area contributed by atoms with Crippen molar-refractivity contribution in [1.29, 1.82) is 0 Å². The Morgan fingerprint density at radius 1 is 0.855 bits per heavy atom. The summed E-state index contributed by atoms with van der Waals surface area (Å²) in [5.74, 6) is 0.304. The number of piperazine rings is 1. The molecule has 14 nitrogen and oxygen atoms in total. The highest BCUT2D eigenvalue weighted by Crippen LogP contribution is 2.32. The van der Waals surface area contributed by atoms with E-state index < -0.39 is 0 Å². The van der Waals surface area contributed by atoms with Crippen molar-refractivity contribution in [3.8, 4) is 0 Å². The number of hydrogen-bond donors (Lipinski definition) is 3. The lowest BCUT2D eigenvalue weighted by atomic mass is 10.0. The maximum absolute atomic E-state index is 13.6. The highest BCUT2D eigenvalue weighted by Gasteiger charge is 2.29. The molecule has 55 heavy (non-hydrogen) atoms. The van der Waals surface area contributed by atoms with E-state index in [4.69, 9.17) is 9.97 Å². The first kappa shape index (κ1) is 36.8. The fourth-order valence-electron chi connectivity index (χ4n) is 8.84. The van der Waals surface area contributed by atoms with Gasteiger partial charge in [-0.25, -0.2) is 9.97 Å². The Morgan fingerprint density at radius 3 is 2.27 bits per heavy atom. The molecule has 8 rings (SSSR count). The molecule has 4 aliphatic rings. The zero-order chi connectivity index (χ0) is 38.1. The van der Waals surface area contributed by atoms with Crippen molar-refractivity contribution in [2.24, 2.45) is 0 Å². The summed E-state index contributed by atoms with van der Waals surface area (Å²) in [5, 5.41) is 9.62. The average Bonchev–Trinajstić information content (AvgIpc) is 3.72.